The minimum Gasteiger partial charge on any atom is -0.399 e. The molecule has 0 atom stereocenters. The quantitative estimate of drug-likeness (QED) is 0.861. The standard InChI is InChI=1S/C13H18FN5/c1-4-7-13(2,3)19-12(16-17-18-19)10-6-5-9(15)8-11(10)14/h5-6,8H,4,7,15H2,1-3H3. The van der Waals surface area contributed by atoms with Crippen molar-refractivity contribution in [3.05, 3.63) is 24.0 Å². The third-order valence-corrected chi connectivity index (χ3v) is 3.14. The second-order valence-corrected chi connectivity index (χ2v) is 5.22. The Kier molecular flexibility index (Phi) is 3.50. The number of nitrogens with two attached hydrogens (primary N) is 1. The first kappa shape index (κ1) is 13.5. The Morgan fingerprint density at radius 2 is 2.11 bits per heavy atom. The first-order valence-electron chi connectivity index (χ1n) is 6.30. The molecule has 5 nitrogen and oxygen atoms in total. The van der Waals surface area contributed by atoms with Gasteiger partial charge in [-0.1, -0.05) is 13.3 Å². The van der Waals surface area contributed by atoms with Crippen LogP contribution in [0, 0.1) is 5.82 Å². The molecule has 0 aliphatic carbocycles. The Balaban J connectivity index is 2.50. The minimum atomic E-state index is -0.414. The Labute approximate surface area is 111 Å². The number of hydrogen-bond acceptors (Lipinski definition) is 4. The van der Waals surface area contributed by atoms with Crippen LogP contribution in [-0.2, 0) is 5.54 Å². The second-order valence-electron chi connectivity index (χ2n) is 5.22. The number of aromatic nitrogens is 4. The van der Waals surface area contributed by atoms with Gasteiger partial charge in [0.2, 0.25) is 0 Å². The molecule has 0 amide bonds. The third-order valence-electron chi connectivity index (χ3n) is 3.14. The molecule has 6 heteroatoms. The van der Waals surface area contributed by atoms with Crippen molar-refractivity contribution in [2.24, 2.45) is 0 Å². The smallest absolute Gasteiger partial charge is 0.185 e. The molecule has 0 radical (unpaired) electrons. The number of tetrazole rings is 1. The van der Waals surface area contributed by atoms with Crippen LogP contribution in [0.5, 0.6) is 0 Å². The van der Waals surface area contributed by atoms with E-state index in [9.17, 15) is 4.39 Å². The van der Waals surface area contributed by atoms with E-state index in [0.29, 0.717) is 17.1 Å². The molecule has 0 saturated carbocycles. The van der Waals surface area contributed by atoms with Gasteiger partial charge in [-0.05, 0) is 48.9 Å². The maximum absolute atomic E-state index is 14.0. The van der Waals surface area contributed by atoms with Crippen molar-refractivity contribution in [2.75, 3.05) is 5.73 Å². The zero-order valence-electron chi connectivity index (χ0n) is 11.4. The zero-order chi connectivity index (χ0) is 14.0. The predicted octanol–water partition coefficient (Wildman–Crippen LogP) is 2.60. The summed E-state index contributed by atoms with van der Waals surface area (Å²) in [5.74, 6) is 0.0132. The number of rotatable bonds is 4. The zero-order valence-corrected chi connectivity index (χ0v) is 11.4. The summed E-state index contributed by atoms with van der Waals surface area (Å²) in [6.45, 7) is 6.16. The lowest BCUT2D eigenvalue weighted by molar-refractivity contribution is 0.289. The molecule has 0 aliphatic heterocycles. The van der Waals surface area contributed by atoms with E-state index in [-0.39, 0.29) is 5.54 Å². The lowest BCUT2D eigenvalue weighted by Gasteiger charge is -2.25. The van der Waals surface area contributed by atoms with Crippen LogP contribution in [-0.4, -0.2) is 20.2 Å². The largest absolute Gasteiger partial charge is 0.399 e. The van der Waals surface area contributed by atoms with E-state index < -0.39 is 5.82 Å². The third kappa shape index (κ3) is 2.57. The molecule has 1 aromatic heterocycles. The Hall–Kier alpha value is -1.98. The van der Waals surface area contributed by atoms with Crippen LogP contribution in [0.25, 0.3) is 11.4 Å². The van der Waals surface area contributed by atoms with Crippen molar-refractivity contribution in [3.63, 3.8) is 0 Å². The van der Waals surface area contributed by atoms with Gasteiger partial charge in [-0.3, -0.25) is 0 Å². The van der Waals surface area contributed by atoms with Crippen molar-refractivity contribution in [1.82, 2.24) is 20.2 Å². The molecule has 0 aliphatic rings. The van der Waals surface area contributed by atoms with Crippen LogP contribution in [0.2, 0.25) is 0 Å². The van der Waals surface area contributed by atoms with E-state index in [2.05, 4.69) is 22.4 Å². The highest BCUT2D eigenvalue weighted by atomic mass is 19.1. The molecule has 0 bridgehead atoms. The Morgan fingerprint density at radius 1 is 1.37 bits per heavy atom. The molecule has 0 saturated heterocycles. The SMILES string of the molecule is CCCC(C)(C)n1nnnc1-c1ccc(N)cc1F. The van der Waals surface area contributed by atoms with Crippen LogP contribution >= 0.6 is 0 Å². The van der Waals surface area contributed by atoms with E-state index in [1.54, 1.807) is 16.8 Å². The van der Waals surface area contributed by atoms with Crippen molar-refractivity contribution in [2.45, 2.75) is 39.2 Å². The van der Waals surface area contributed by atoms with Crippen LogP contribution < -0.4 is 5.73 Å². The summed E-state index contributed by atoms with van der Waals surface area (Å²) in [5, 5.41) is 11.6. The van der Waals surface area contributed by atoms with E-state index in [1.165, 1.54) is 6.07 Å². The highest BCUT2D eigenvalue weighted by Gasteiger charge is 2.26. The fourth-order valence-corrected chi connectivity index (χ4v) is 2.19. The lowest BCUT2D eigenvalue weighted by atomic mass is 9.98. The molecular formula is C13H18FN5. The number of hydrogen-bond donors (Lipinski definition) is 1. The minimum absolute atomic E-state index is 0.262. The van der Waals surface area contributed by atoms with Gasteiger partial charge in [0.25, 0.3) is 0 Å². The Morgan fingerprint density at radius 3 is 2.74 bits per heavy atom. The molecule has 19 heavy (non-hydrogen) atoms. The maximum atomic E-state index is 14.0. The van der Waals surface area contributed by atoms with Gasteiger partial charge in [-0.15, -0.1) is 5.10 Å². The molecular weight excluding hydrogens is 245 g/mol. The van der Waals surface area contributed by atoms with Gasteiger partial charge >= 0.3 is 0 Å². The highest BCUT2D eigenvalue weighted by Crippen LogP contribution is 2.28. The number of nitrogen functional groups attached to an aromatic ring is 1. The first-order chi connectivity index (χ1) is 8.95. The van der Waals surface area contributed by atoms with Crippen molar-refractivity contribution < 1.29 is 4.39 Å². The monoisotopic (exact) mass is 263 g/mol. The van der Waals surface area contributed by atoms with Crippen LogP contribution in [0.1, 0.15) is 33.6 Å². The van der Waals surface area contributed by atoms with Crippen molar-refractivity contribution >= 4 is 5.69 Å². The first-order valence-corrected chi connectivity index (χ1v) is 6.30. The Bertz CT molecular complexity index is 576. The van der Waals surface area contributed by atoms with Gasteiger partial charge in [0, 0.05) is 5.69 Å². The lowest BCUT2D eigenvalue weighted by Crippen LogP contribution is -2.28. The summed E-state index contributed by atoms with van der Waals surface area (Å²) in [4.78, 5) is 0. The van der Waals surface area contributed by atoms with Gasteiger partial charge in [0.05, 0.1) is 11.1 Å². The van der Waals surface area contributed by atoms with Crippen LogP contribution in [0.15, 0.2) is 18.2 Å². The molecule has 0 unspecified atom stereocenters. The van der Waals surface area contributed by atoms with E-state index in [4.69, 9.17) is 5.73 Å². The fourth-order valence-electron chi connectivity index (χ4n) is 2.19. The van der Waals surface area contributed by atoms with Crippen molar-refractivity contribution in [3.8, 4) is 11.4 Å². The molecule has 1 aromatic carbocycles. The van der Waals surface area contributed by atoms with Crippen LogP contribution in [0.3, 0.4) is 0 Å². The summed E-state index contributed by atoms with van der Waals surface area (Å²) in [6, 6.07) is 4.53. The van der Waals surface area contributed by atoms with Gasteiger partial charge in [-0.2, -0.15) is 0 Å². The van der Waals surface area contributed by atoms with Crippen molar-refractivity contribution in [1.29, 1.82) is 0 Å². The number of benzene rings is 1. The fraction of sp³-hybridized carbons (Fsp3) is 0.462. The van der Waals surface area contributed by atoms with E-state index >= 15 is 0 Å². The summed E-state index contributed by atoms with van der Waals surface area (Å²) >= 11 is 0. The summed E-state index contributed by atoms with van der Waals surface area (Å²) in [7, 11) is 0. The second kappa shape index (κ2) is 4.95. The van der Waals surface area contributed by atoms with Gasteiger partial charge in [0.15, 0.2) is 5.82 Å². The van der Waals surface area contributed by atoms with Crippen LogP contribution in [0.4, 0.5) is 10.1 Å². The summed E-state index contributed by atoms with van der Waals surface area (Å²) < 4.78 is 15.7. The molecule has 2 aromatic rings. The summed E-state index contributed by atoms with van der Waals surface area (Å²) in [5.41, 5.74) is 6.04. The molecule has 102 valence electrons. The predicted molar refractivity (Wildman–Crippen MR) is 71.9 cm³/mol. The van der Waals surface area contributed by atoms with Gasteiger partial charge in [0.1, 0.15) is 5.82 Å². The number of halogens is 1. The highest BCUT2D eigenvalue weighted by molar-refractivity contribution is 5.59. The summed E-state index contributed by atoms with van der Waals surface area (Å²) in [6.07, 6.45) is 1.90. The molecule has 0 spiro atoms. The van der Waals surface area contributed by atoms with E-state index in [1.807, 2.05) is 13.8 Å². The number of nitrogens with zero attached hydrogens (tertiary/aromatic N) is 4. The maximum Gasteiger partial charge on any atom is 0.185 e. The van der Waals surface area contributed by atoms with Gasteiger partial charge < -0.3 is 5.73 Å². The topological polar surface area (TPSA) is 69.6 Å². The normalized spacial score (nSPS) is 11.8. The molecule has 1 heterocycles. The average molecular weight is 263 g/mol. The average Bonchev–Trinajstić information content (AvgIpc) is 2.78. The molecule has 0 fully saturated rings. The van der Waals surface area contributed by atoms with Gasteiger partial charge in [-0.25, -0.2) is 9.07 Å². The molecule has 2 N–H and O–H groups in total. The number of anilines is 1. The molecule has 2 rings (SSSR count). The van der Waals surface area contributed by atoms with E-state index in [0.717, 1.165) is 12.8 Å².